The van der Waals surface area contributed by atoms with Crippen LogP contribution in [0.1, 0.15) is 24.9 Å². The second-order valence-electron chi connectivity index (χ2n) is 2.40. The van der Waals surface area contributed by atoms with Gasteiger partial charge in [0.25, 0.3) is 0 Å². The van der Waals surface area contributed by atoms with E-state index in [-0.39, 0.29) is 6.04 Å². The molecule has 0 aliphatic rings. The summed E-state index contributed by atoms with van der Waals surface area (Å²) < 4.78 is 0. The summed E-state index contributed by atoms with van der Waals surface area (Å²) in [4.78, 5) is 2.88. The molecular formula is C7H13N3. The van der Waals surface area contributed by atoms with Crippen LogP contribution in [0.3, 0.4) is 0 Å². The average molecular weight is 139 g/mol. The fourth-order valence-corrected chi connectivity index (χ4v) is 0.879. The molecule has 1 aromatic rings. The largest absolute Gasteiger partial charge is 0.385 e. The second kappa shape index (κ2) is 2.75. The summed E-state index contributed by atoms with van der Waals surface area (Å²) in [6.45, 7) is 2.05. The van der Waals surface area contributed by atoms with Crippen LogP contribution in [0.5, 0.6) is 0 Å². The van der Waals surface area contributed by atoms with Crippen molar-refractivity contribution in [2.24, 2.45) is 5.73 Å². The smallest absolute Gasteiger partial charge is 0.100 e. The number of rotatable bonds is 2. The molecule has 1 heterocycles. The van der Waals surface area contributed by atoms with Crippen LogP contribution in [0.25, 0.3) is 0 Å². The van der Waals surface area contributed by atoms with Crippen molar-refractivity contribution in [2.45, 2.75) is 19.4 Å². The molecule has 1 rings (SSSR count). The van der Waals surface area contributed by atoms with Gasteiger partial charge in [-0.2, -0.15) is 0 Å². The minimum Gasteiger partial charge on any atom is -0.385 e. The SMILES string of the molecule is CCC(N)c1c[nH]c(N)c1. The zero-order valence-corrected chi connectivity index (χ0v) is 6.09. The summed E-state index contributed by atoms with van der Waals surface area (Å²) in [6, 6.07) is 1.99. The van der Waals surface area contributed by atoms with Gasteiger partial charge in [0.05, 0.1) is 0 Å². The molecule has 0 aliphatic carbocycles. The molecule has 0 saturated carbocycles. The molecule has 0 amide bonds. The number of nitrogen functional groups attached to an aromatic ring is 1. The standard InChI is InChI=1S/C7H13N3/c1-2-6(8)5-3-7(9)10-4-5/h3-4,6,10H,2,8-9H2,1H3. The lowest BCUT2D eigenvalue weighted by molar-refractivity contribution is 0.700. The number of H-pyrrole nitrogens is 1. The van der Waals surface area contributed by atoms with Gasteiger partial charge in [0.1, 0.15) is 5.82 Å². The molecule has 5 N–H and O–H groups in total. The van der Waals surface area contributed by atoms with E-state index in [1.807, 2.05) is 19.2 Å². The van der Waals surface area contributed by atoms with Gasteiger partial charge in [-0.25, -0.2) is 0 Å². The maximum atomic E-state index is 5.73. The normalized spacial score (nSPS) is 13.4. The molecule has 0 aromatic carbocycles. The van der Waals surface area contributed by atoms with Crippen LogP contribution in [-0.4, -0.2) is 4.98 Å². The number of nitrogens with one attached hydrogen (secondary N) is 1. The third kappa shape index (κ3) is 1.30. The van der Waals surface area contributed by atoms with Crippen LogP contribution in [0.15, 0.2) is 12.3 Å². The zero-order chi connectivity index (χ0) is 7.56. The maximum absolute atomic E-state index is 5.73. The van der Waals surface area contributed by atoms with Gasteiger partial charge in [-0.05, 0) is 18.1 Å². The highest BCUT2D eigenvalue weighted by atomic mass is 14.8. The molecule has 56 valence electrons. The van der Waals surface area contributed by atoms with Crippen LogP contribution in [-0.2, 0) is 0 Å². The third-order valence-electron chi connectivity index (χ3n) is 1.60. The van der Waals surface area contributed by atoms with Crippen LogP contribution in [0.4, 0.5) is 5.82 Å². The maximum Gasteiger partial charge on any atom is 0.100 e. The number of hydrogen-bond donors (Lipinski definition) is 3. The number of aromatic amines is 1. The van der Waals surface area contributed by atoms with Gasteiger partial charge in [0.2, 0.25) is 0 Å². The van der Waals surface area contributed by atoms with Crippen LogP contribution in [0.2, 0.25) is 0 Å². The van der Waals surface area contributed by atoms with Gasteiger partial charge in [-0.15, -0.1) is 0 Å². The lowest BCUT2D eigenvalue weighted by Crippen LogP contribution is -2.06. The molecule has 0 spiro atoms. The Morgan fingerprint density at radius 3 is 2.80 bits per heavy atom. The first-order valence-corrected chi connectivity index (χ1v) is 3.43. The Labute approximate surface area is 60.4 Å². The second-order valence-corrected chi connectivity index (χ2v) is 2.40. The average Bonchev–Trinajstić information content (AvgIpc) is 2.34. The van der Waals surface area contributed by atoms with Crippen LogP contribution < -0.4 is 11.5 Å². The summed E-state index contributed by atoms with van der Waals surface area (Å²) in [7, 11) is 0. The summed E-state index contributed by atoms with van der Waals surface area (Å²) >= 11 is 0. The minimum absolute atomic E-state index is 0.119. The van der Waals surface area contributed by atoms with Crippen molar-refractivity contribution >= 4 is 5.82 Å². The Morgan fingerprint density at radius 1 is 1.70 bits per heavy atom. The Bertz CT molecular complexity index is 204. The van der Waals surface area contributed by atoms with E-state index in [9.17, 15) is 0 Å². The number of aromatic nitrogens is 1. The van der Waals surface area contributed by atoms with Crippen LogP contribution in [0, 0.1) is 0 Å². The molecule has 10 heavy (non-hydrogen) atoms. The van der Waals surface area contributed by atoms with Crippen molar-refractivity contribution in [2.75, 3.05) is 5.73 Å². The quantitative estimate of drug-likeness (QED) is 0.572. The molecule has 0 aliphatic heterocycles. The van der Waals surface area contributed by atoms with Crippen molar-refractivity contribution < 1.29 is 0 Å². The Hall–Kier alpha value is -0.960. The van der Waals surface area contributed by atoms with E-state index in [1.165, 1.54) is 0 Å². The first-order chi connectivity index (χ1) is 4.74. The van der Waals surface area contributed by atoms with E-state index < -0.39 is 0 Å². The Morgan fingerprint density at radius 2 is 2.40 bits per heavy atom. The van der Waals surface area contributed by atoms with E-state index in [1.54, 1.807) is 0 Å². The van der Waals surface area contributed by atoms with E-state index in [0.29, 0.717) is 5.82 Å². The Kier molecular flexibility index (Phi) is 1.97. The zero-order valence-electron chi connectivity index (χ0n) is 6.09. The molecule has 0 bridgehead atoms. The van der Waals surface area contributed by atoms with Gasteiger partial charge < -0.3 is 16.5 Å². The molecule has 1 unspecified atom stereocenters. The van der Waals surface area contributed by atoms with Gasteiger partial charge >= 0.3 is 0 Å². The molecule has 0 radical (unpaired) electrons. The van der Waals surface area contributed by atoms with Gasteiger partial charge in [0.15, 0.2) is 0 Å². The van der Waals surface area contributed by atoms with Crippen molar-refractivity contribution in [3.05, 3.63) is 17.8 Å². The highest BCUT2D eigenvalue weighted by Crippen LogP contribution is 2.14. The van der Waals surface area contributed by atoms with Gasteiger partial charge in [0, 0.05) is 12.2 Å². The topological polar surface area (TPSA) is 67.8 Å². The monoisotopic (exact) mass is 139 g/mol. The van der Waals surface area contributed by atoms with Crippen LogP contribution >= 0.6 is 0 Å². The first-order valence-electron chi connectivity index (χ1n) is 3.43. The molecule has 0 saturated heterocycles. The molecule has 3 heteroatoms. The van der Waals surface area contributed by atoms with Crippen molar-refractivity contribution in [3.8, 4) is 0 Å². The lowest BCUT2D eigenvalue weighted by Gasteiger charge is -2.03. The summed E-state index contributed by atoms with van der Waals surface area (Å²) in [5, 5.41) is 0. The Balaban J connectivity index is 2.74. The number of anilines is 1. The van der Waals surface area contributed by atoms with E-state index >= 15 is 0 Å². The highest BCUT2D eigenvalue weighted by molar-refractivity contribution is 5.34. The summed E-state index contributed by atoms with van der Waals surface area (Å²) in [5.74, 6) is 0.680. The minimum atomic E-state index is 0.119. The molecular weight excluding hydrogens is 126 g/mol. The molecule has 1 atom stereocenters. The molecule has 3 nitrogen and oxygen atoms in total. The van der Waals surface area contributed by atoms with Crippen molar-refractivity contribution in [1.82, 2.24) is 4.98 Å². The predicted molar refractivity (Wildman–Crippen MR) is 42.4 cm³/mol. The van der Waals surface area contributed by atoms with E-state index in [4.69, 9.17) is 11.5 Å². The van der Waals surface area contributed by atoms with Gasteiger partial charge in [-0.1, -0.05) is 6.92 Å². The number of nitrogens with two attached hydrogens (primary N) is 2. The third-order valence-corrected chi connectivity index (χ3v) is 1.60. The van der Waals surface area contributed by atoms with Gasteiger partial charge in [-0.3, -0.25) is 0 Å². The summed E-state index contributed by atoms with van der Waals surface area (Å²) in [6.07, 6.45) is 2.79. The van der Waals surface area contributed by atoms with Crippen molar-refractivity contribution in [3.63, 3.8) is 0 Å². The van der Waals surface area contributed by atoms with Crippen molar-refractivity contribution in [1.29, 1.82) is 0 Å². The summed E-state index contributed by atoms with van der Waals surface area (Å²) in [5.41, 5.74) is 12.3. The highest BCUT2D eigenvalue weighted by Gasteiger charge is 2.03. The van der Waals surface area contributed by atoms with E-state index in [0.717, 1.165) is 12.0 Å². The number of hydrogen-bond acceptors (Lipinski definition) is 2. The fourth-order valence-electron chi connectivity index (χ4n) is 0.879. The molecule has 1 aromatic heterocycles. The predicted octanol–water partition coefficient (Wildman–Crippen LogP) is 1.01. The fraction of sp³-hybridized carbons (Fsp3) is 0.429. The van der Waals surface area contributed by atoms with E-state index in [2.05, 4.69) is 4.98 Å². The molecule has 0 fully saturated rings. The first kappa shape index (κ1) is 7.15. The lowest BCUT2D eigenvalue weighted by atomic mass is 10.1.